The van der Waals surface area contributed by atoms with Crippen molar-refractivity contribution in [2.45, 2.75) is 37.3 Å². The average Bonchev–Trinajstić information content (AvgIpc) is 3.36. The third-order valence-corrected chi connectivity index (χ3v) is 5.34. The Morgan fingerprint density at radius 3 is 2.43 bits per heavy atom. The van der Waals surface area contributed by atoms with Crippen molar-refractivity contribution in [1.29, 1.82) is 0 Å². The van der Waals surface area contributed by atoms with E-state index in [-0.39, 0.29) is 17.9 Å². The standard InChI is InChI=1S/C17H20ClN3O2/c18-13-5-3-12(4-6-13)17(11-1-2-11)15(22)21(16(19)20-17)14-7-9-23-10-8-14/h3-6,11,14H,1-2,7-10H2,(H2,19,20). The molecule has 0 aromatic heterocycles. The second-order valence-electron chi connectivity index (χ2n) is 6.54. The van der Waals surface area contributed by atoms with Crippen LogP contribution in [-0.2, 0) is 15.1 Å². The third-order valence-electron chi connectivity index (χ3n) is 5.09. The van der Waals surface area contributed by atoms with Crippen LogP contribution in [0.1, 0.15) is 31.2 Å². The van der Waals surface area contributed by atoms with Gasteiger partial charge in [-0.25, -0.2) is 4.99 Å². The van der Waals surface area contributed by atoms with E-state index in [0.29, 0.717) is 24.2 Å². The highest BCUT2D eigenvalue weighted by molar-refractivity contribution is 6.30. The maximum atomic E-state index is 13.4. The van der Waals surface area contributed by atoms with Crippen LogP contribution in [0.2, 0.25) is 5.02 Å². The monoisotopic (exact) mass is 333 g/mol. The zero-order valence-corrected chi connectivity index (χ0v) is 13.6. The molecule has 6 heteroatoms. The molecule has 2 fully saturated rings. The molecule has 23 heavy (non-hydrogen) atoms. The highest BCUT2D eigenvalue weighted by atomic mass is 35.5. The zero-order valence-electron chi connectivity index (χ0n) is 12.9. The van der Waals surface area contributed by atoms with E-state index in [1.165, 1.54) is 0 Å². The van der Waals surface area contributed by atoms with Crippen molar-refractivity contribution < 1.29 is 9.53 Å². The van der Waals surface area contributed by atoms with Crippen molar-refractivity contribution in [2.75, 3.05) is 13.2 Å². The van der Waals surface area contributed by atoms with E-state index in [9.17, 15) is 4.79 Å². The van der Waals surface area contributed by atoms with Crippen LogP contribution >= 0.6 is 11.6 Å². The number of nitrogens with zero attached hydrogens (tertiary/aromatic N) is 2. The zero-order chi connectivity index (χ0) is 16.0. The van der Waals surface area contributed by atoms with Crippen LogP contribution < -0.4 is 5.73 Å². The van der Waals surface area contributed by atoms with Gasteiger partial charge in [-0.1, -0.05) is 23.7 Å². The van der Waals surface area contributed by atoms with Crippen LogP contribution in [-0.4, -0.2) is 36.0 Å². The topological polar surface area (TPSA) is 67.9 Å². The van der Waals surface area contributed by atoms with E-state index in [4.69, 9.17) is 27.1 Å². The molecule has 1 aromatic carbocycles. The van der Waals surface area contributed by atoms with E-state index in [1.54, 1.807) is 4.90 Å². The predicted octanol–water partition coefficient (Wildman–Crippen LogP) is 2.28. The molecule has 4 rings (SSSR count). The fraction of sp³-hybridized carbons (Fsp3) is 0.529. The van der Waals surface area contributed by atoms with E-state index in [0.717, 1.165) is 31.2 Å². The molecule has 1 saturated heterocycles. The Balaban J connectivity index is 1.73. The summed E-state index contributed by atoms with van der Waals surface area (Å²) in [6.45, 7) is 1.33. The molecule has 2 aliphatic heterocycles. The van der Waals surface area contributed by atoms with Gasteiger partial charge in [0.05, 0.1) is 0 Å². The Kier molecular flexibility index (Phi) is 3.58. The molecule has 1 amide bonds. The lowest BCUT2D eigenvalue weighted by molar-refractivity contribution is -0.135. The number of amides is 1. The number of hydrogen-bond acceptors (Lipinski definition) is 4. The number of carbonyl (C=O) groups is 1. The first-order valence-electron chi connectivity index (χ1n) is 8.15. The number of nitrogens with two attached hydrogens (primary N) is 1. The number of hydrogen-bond donors (Lipinski definition) is 1. The lowest BCUT2D eigenvalue weighted by Gasteiger charge is -2.33. The lowest BCUT2D eigenvalue weighted by atomic mass is 9.84. The molecule has 3 aliphatic rings. The number of halogens is 1. The number of guanidine groups is 1. The van der Waals surface area contributed by atoms with Crippen LogP contribution in [0.25, 0.3) is 0 Å². The van der Waals surface area contributed by atoms with Crippen LogP contribution in [0, 0.1) is 5.92 Å². The fourth-order valence-electron chi connectivity index (χ4n) is 3.76. The first kappa shape index (κ1) is 15.0. The summed E-state index contributed by atoms with van der Waals surface area (Å²) in [4.78, 5) is 19.8. The lowest BCUT2D eigenvalue weighted by Crippen LogP contribution is -2.50. The summed E-state index contributed by atoms with van der Waals surface area (Å²) in [6.07, 6.45) is 3.63. The Morgan fingerprint density at radius 2 is 1.83 bits per heavy atom. The Bertz CT molecular complexity index is 650. The van der Waals surface area contributed by atoms with Gasteiger partial charge >= 0.3 is 0 Å². The second kappa shape index (κ2) is 5.49. The van der Waals surface area contributed by atoms with E-state index >= 15 is 0 Å². The van der Waals surface area contributed by atoms with Crippen LogP contribution in [0.15, 0.2) is 29.3 Å². The first-order chi connectivity index (χ1) is 11.1. The highest BCUT2D eigenvalue weighted by Gasteiger charge is 2.58. The van der Waals surface area contributed by atoms with Gasteiger partial charge in [0.2, 0.25) is 0 Å². The van der Waals surface area contributed by atoms with Gasteiger partial charge in [0.15, 0.2) is 11.5 Å². The summed E-state index contributed by atoms with van der Waals surface area (Å²) < 4.78 is 5.41. The molecule has 122 valence electrons. The smallest absolute Gasteiger partial charge is 0.262 e. The first-order valence-corrected chi connectivity index (χ1v) is 8.53. The van der Waals surface area contributed by atoms with Crippen LogP contribution in [0.3, 0.4) is 0 Å². The van der Waals surface area contributed by atoms with Crippen LogP contribution in [0.4, 0.5) is 0 Å². The Labute approximate surface area is 140 Å². The molecule has 1 atom stereocenters. The van der Waals surface area contributed by atoms with Crippen molar-refractivity contribution in [3.05, 3.63) is 34.9 Å². The van der Waals surface area contributed by atoms with Gasteiger partial charge in [-0.05, 0) is 49.3 Å². The molecule has 2 heterocycles. The van der Waals surface area contributed by atoms with Crippen molar-refractivity contribution in [3.8, 4) is 0 Å². The summed E-state index contributed by atoms with van der Waals surface area (Å²) >= 11 is 6.00. The molecular weight excluding hydrogens is 314 g/mol. The van der Waals surface area contributed by atoms with Gasteiger partial charge in [0, 0.05) is 24.3 Å². The summed E-state index contributed by atoms with van der Waals surface area (Å²) in [5.41, 5.74) is 6.24. The summed E-state index contributed by atoms with van der Waals surface area (Å²) in [5, 5.41) is 0.656. The van der Waals surface area contributed by atoms with Gasteiger partial charge in [-0.3, -0.25) is 9.69 Å². The van der Waals surface area contributed by atoms with Gasteiger partial charge in [-0.2, -0.15) is 0 Å². The molecule has 2 N–H and O–H groups in total. The minimum absolute atomic E-state index is 0.0201. The third kappa shape index (κ3) is 2.34. The highest BCUT2D eigenvalue weighted by Crippen LogP contribution is 2.52. The fourth-order valence-corrected chi connectivity index (χ4v) is 3.89. The molecule has 1 unspecified atom stereocenters. The van der Waals surface area contributed by atoms with Crippen molar-refractivity contribution in [2.24, 2.45) is 16.6 Å². The molecule has 0 spiro atoms. The Hall–Kier alpha value is -1.59. The predicted molar refractivity (Wildman–Crippen MR) is 88.2 cm³/mol. The Morgan fingerprint density at radius 1 is 1.17 bits per heavy atom. The number of rotatable bonds is 3. The minimum Gasteiger partial charge on any atom is -0.381 e. The van der Waals surface area contributed by atoms with Gasteiger partial charge in [0.25, 0.3) is 5.91 Å². The molecule has 0 radical (unpaired) electrons. The van der Waals surface area contributed by atoms with Gasteiger partial charge in [-0.15, -0.1) is 0 Å². The average molecular weight is 334 g/mol. The van der Waals surface area contributed by atoms with Crippen molar-refractivity contribution >= 4 is 23.5 Å². The van der Waals surface area contributed by atoms with Gasteiger partial charge < -0.3 is 10.5 Å². The summed E-state index contributed by atoms with van der Waals surface area (Å²) in [7, 11) is 0. The van der Waals surface area contributed by atoms with E-state index in [2.05, 4.69) is 0 Å². The molecule has 1 saturated carbocycles. The number of aliphatic imine (C=N–C) groups is 1. The maximum Gasteiger partial charge on any atom is 0.262 e. The quantitative estimate of drug-likeness (QED) is 0.922. The number of ether oxygens (including phenoxy) is 1. The minimum atomic E-state index is -0.854. The molecule has 1 aromatic rings. The normalized spacial score (nSPS) is 29.0. The number of benzene rings is 1. The van der Waals surface area contributed by atoms with E-state index in [1.807, 2.05) is 24.3 Å². The number of carbonyl (C=O) groups excluding carboxylic acids is 1. The second-order valence-corrected chi connectivity index (χ2v) is 6.97. The SMILES string of the molecule is NC1=NC(c2ccc(Cl)cc2)(C2CC2)C(=O)N1C1CCOCC1. The van der Waals surface area contributed by atoms with Crippen LogP contribution in [0.5, 0.6) is 0 Å². The molecule has 0 bridgehead atoms. The van der Waals surface area contributed by atoms with Gasteiger partial charge in [0.1, 0.15) is 0 Å². The largest absolute Gasteiger partial charge is 0.381 e. The maximum absolute atomic E-state index is 13.4. The molecule has 1 aliphatic carbocycles. The van der Waals surface area contributed by atoms with Crippen molar-refractivity contribution in [1.82, 2.24) is 4.90 Å². The molecular formula is C17H20ClN3O2. The summed E-state index contributed by atoms with van der Waals surface area (Å²) in [5.74, 6) is 0.607. The van der Waals surface area contributed by atoms with E-state index < -0.39 is 5.54 Å². The summed E-state index contributed by atoms with van der Waals surface area (Å²) in [6, 6.07) is 7.53. The molecule has 5 nitrogen and oxygen atoms in total. The van der Waals surface area contributed by atoms with Crippen molar-refractivity contribution in [3.63, 3.8) is 0 Å².